The Hall–Kier alpha value is -2.04. The minimum absolute atomic E-state index is 0.0337. The van der Waals surface area contributed by atoms with Gasteiger partial charge >= 0.3 is 0 Å². The van der Waals surface area contributed by atoms with Crippen LogP contribution < -0.4 is 4.74 Å². The van der Waals surface area contributed by atoms with Crippen LogP contribution in [0.1, 0.15) is 19.4 Å². The van der Waals surface area contributed by atoms with Crippen molar-refractivity contribution in [2.75, 3.05) is 26.2 Å². The Morgan fingerprint density at radius 3 is 2.30 bits per heavy atom. The van der Waals surface area contributed by atoms with Gasteiger partial charge < -0.3 is 9.64 Å². The van der Waals surface area contributed by atoms with Crippen LogP contribution in [0.3, 0.4) is 0 Å². The minimum Gasteiger partial charge on any atom is -0.484 e. The Bertz CT molecular complexity index is 724. The second-order valence-electron chi connectivity index (χ2n) is 7.21. The molecule has 2 aromatic carbocycles. The first-order valence-electron chi connectivity index (χ1n) is 9.48. The summed E-state index contributed by atoms with van der Waals surface area (Å²) >= 11 is 5.87. The second kappa shape index (κ2) is 9.25. The van der Waals surface area contributed by atoms with Gasteiger partial charge in [0, 0.05) is 36.7 Å². The van der Waals surface area contributed by atoms with Crippen molar-refractivity contribution < 1.29 is 9.53 Å². The number of piperazine rings is 1. The van der Waals surface area contributed by atoms with Crippen LogP contribution in [-0.4, -0.2) is 54.0 Å². The Morgan fingerprint density at radius 2 is 1.67 bits per heavy atom. The fourth-order valence-corrected chi connectivity index (χ4v) is 3.80. The highest BCUT2D eigenvalue weighted by atomic mass is 35.5. The fraction of sp³-hybridized carbons (Fsp3) is 0.409. The molecule has 1 aliphatic heterocycles. The SMILES string of the molecule is CC1CN(C(=O)COc2ccc(Cl)cc2)CC(C)N1CCc1ccccc1. The van der Waals surface area contributed by atoms with Crippen molar-refractivity contribution in [1.29, 1.82) is 0 Å². The lowest BCUT2D eigenvalue weighted by atomic mass is 10.1. The maximum atomic E-state index is 12.6. The zero-order chi connectivity index (χ0) is 19.2. The van der Waals surface area contributed by atoms with Crippen molar-refractivity contribution in [3.05, 3.63) is 65.2 Å². The normalized spacial score (nSPS) is 20.5. The van der Waals surface area contributed by atoms with Gasteiger partial charge in [-0.3, -0.25) is 9.69 Å². The van der Waals surface area contributed by atoms with E-state index in [2.05, 4.69) is 43.0 Å². The van der Waals surface area contributed by atoms with Crippen molar-refractivity contribution in [2.45, 2.75) is 32.4 Å². The van der Waals surface area contributed by atoms with E-state index < -0.39 is 0 Å². The maximum Gasteiger partial charge on any atom is 0.260 e. The van der Waals surface area contributed by atoms with Crippen molar-refractivity contribution >= 4 is 17.5 Å². The van der Waals surface area contributed by atoms with E-state index in [0.717, 1.165) is 26.1 Å². The largest absolute Gasteiger partial charge is 0.484 e. The van der Waals surface area contributed by atoms with E-state index in [9.17, 15) is 4.79 Å². The summed E-state index contributed by atoms with van der Waals surface area (Å²) in [6.07, 6.45) is 1.03. The van der Waals surface area contributed by atoms with Crippen LogP contribution in [0.4, 0.5) is 0 Å². The average molecular weight is 387 g/mol. The fourth-order valence-electron chi connectivity index (χ4n) is 3.67. The van der Waals surface area contributed by atoms with E-state index in [1.54, 1.807) is 24.3 Å². The molecule has 1 fully saturated rings. The van der Waals surface area contributed by atoms with Crippen LogP contribution in [0, 0.1) is 0 Å². The molecule has 1 aliphatic rings. The summed E-state index contributed by atoms with van der Waals surface area (Å²) in [4.78, 5) is 17.0. The Balaban J connectivity index is 1.49. The Morgan fingerprint density at radius 1 is 1.04 bits per heavy atom. The van der Waals surface area contributed by atoms with Gasteiger partial charge in [-0.25, -0.2) is 0 Å². The van der Waals surface area contributed by atoms with Gasteiger partial charge in [0.2, 0.25) is 0 Å². The molecular formula is C22H27ClN2O2. The number of halogens is 1. The molecule has 0 bridgehead atoms. The highest BCUT2D eigenvalue weighted by molar-refractivity contribution is 6.30. The maximum absolute atomic E-state index is 12.6. The second-order valence-corrected chi connectivity index (χ2v) is 7.65. The average Bonchev–Trinajstić information content (AvgIpc) is 2.67. The van der Waals surface area contributed by atoms with Crippen LogP contribution in [-0.2, 0) is 11.2 Å². The molecular weight excluding hydrogens is 360 g/mol. The number of hydrogen-bond donors (Lipinski definition) is 0. The molecule has 144 valence electrons. The molecule has 0 saturated carbocycles. The van der Waals surface area contributed by atoms with E-state index in [4.69, 9.17) is 16.3 Å². The summed E-state index contributed by atoms with van der Waals surface area (Å²) in [6, 6.07) is 18.3. The number of hydrogen-bond acceptors (Lipinski definition) is 3. The van der Waals surface area contributed by atoms with Gasteiger partial charge in [0.15, 0.2) is 6.61 Å². The topological polar surface area (TPSA) is 32.8 Å². The molecule has 0 N–H and O–H groups in total. The van der Waals surface area contributed by atoms with Crippen LogP contribution >= 0.6 is 11.6 Å². The summed E-state index contributed by atoms with van der Waals surface area (Å²) in [5, 5.41) is 0.656. The quantitative estimate of drug-likeness (QED) is 0.755. The zero-order valence-corrected chi connectivity index (χ0v) is 16.7. The molecule has 1 saturated heterocycles. The number of benzene rings is 2. The number of carbonyl (C=O) groups is 1. The Labute approximate surface area is 166 Å². The van der Waals surface area contributed by atoms with Crippen LogP contribution in [0.5, 0.6) is 5.75 Å². The third kappa shape index (κ3) is 5.47. The number of amides is 1. The van der Waals surface area contributed by atoms with Crippen molar-refractivity contribution in [1.82, 2.24) is 9.80 Å². The molecule has 0 aromatic heterocycles. The first kappa shape index (κ1) is 19.7. The summed E-state index contributed by atoms with van der Waals surface area (Å²) in [5.74, 6) is 0.696. The molecule has 27 heavy (non-hydrogen) atoms. The number of nitrogens with zero attached hydrogens (tertiary/aromatic N) is 2. The molecule has 0 radical (unpaired) electrons. The predicted molar refractivity (Wildman–Crippen MR) is 109 cm³/mol. The van der Waals surface area contributed by atoms with Gasteiger partial charge in [0.25, 0.3) is 5.91 Å². The van der Waals surface area contributed by atoms with Gasteiger partial charge in [0.05, 0.1) is 0 Å². The van der Waals surface area contributed by atoms with Crippen LogP contribution in [0.2, 0.25) is 5.02 Å². The predicted octanol–water partition coefficient (Wildman–Crippen LogP) is 3.88. The molecule has 2 atom stereocenters. The van der Waals surface area contributed by atoms with Crippen molar-refractivity contribution in [3.8, 4) is 5.75 Å². The molecule has 1 heterocycles. The summed E-state index contributed by atoms with van der Waals surface area (Å²) in [6.45, 7) is 6.94. The van der Waals surface area contributed by atoms with Crippen molar-refractivity contribution in [2.24, 2.45) is 0 Å². The number of ether oxygens (including phenoxy) is 1. The lowest BCUT2D eigenvalue weighted by Gasteiger charge is -2.44. The van der Waals surface area contributed by atoms with Crippen LogP contribution in [0.25, 0.3) is 0 Å². The van der Waals surface area contributed by atoms with E-state index in [1.165, 1.54) is 5.56 Å². The van der Waals surface area contributed by atoms with E-state index in [1.807, 2.05) is 11.0 Å². The standard InChI is InChI=1S/C22H27ClN2O2/c1-17-14-24(22(26)16-27-21-10-8-20(23)9-11-21)15-18(2)25(17)13-12-19-6-4-3-5-7-19/h3-11,17-18H,12-16H2,1-2H3. The third-order valence-corrected chi connectivity index (χ3v) is 5.38. The highest BCUT2D eigenvalue weighted by Crippen LogP contribution is 2.18. The first-order valence-corrected chi connectivity index (χ1v) is 9.86. The molecule has 0 spiro atoms. The highest BCUT2D eigenvalue weighted by Gasteiger charge is 2.31. The molecule has 2 aromatic rings. The van der Waals surface area contributed by atoms with Gasteiger partial charge in [-0.2, -0.15) is 0 Å². The molecule has 2 unspecified atom stereocenters. The summed E-state index contributed by atoms with van der Waals surface area (Å²) < 4.78 is 5.62. The van der Waals surface area contributed by atoms with Gasteiger partial charge in [-0.15, -0.1) is 0 Å². The Kier molecular flexibility index (Phi) is 6.75. The number of rotatable bonds is 6. The smallest absolute Gasteiger partial charge is 0.260 e. The summed E-state index contributed by atoms with van der Waals surface area (Å²) in [7, 11) is 0. The summed E-state index contributed by atoms with van der Waals surface area (Å²) in [5.41, 5.74) is 1.35. The zero-order valence-electron chi connectivity index (χ0n) is 16.0. The van der Waals surface area contributed by atoms with Crippen LogP contribution in [0.15, 0.2) is 54.6 Å². The van der Waals surface area contributed by atoms with Crippen molar-refractivity contribution in [3.63, 3.8) is 0 Å². The lowest BCUT2D eigenvalue weighted by Crippen LogP contribution is -2.59. The van der Waals surface area contributed by atoms with E-state index >= 15 is 0 Å². The lowest BCUT2D eigenvalue weighted by molar-refractivity contribution is -0.137. The monoisotopic (exact) mass is 386 g/mol. The van der Waals surface area contributed by atoms with Gasteiger partial charge in [0.1, 0.15) is 5.75 Å². The number of carbonyl (C=O) groups excluding carboxylic acids is 1. The van der Waals surface area contributed by atoms with E-state index in [-0.39, 0.29) is 12.5 Å². The van der Waals surface area contributed by atoms with E-state index in [0.29, 0.717) is 22.9 Å². The van der Waals surface area contributed by atoms with Gasteiger partial charge in [-0.05, 0) is 50.1 Å². The molecule has 1 amide bonds. The van der Waals surface area contributed by atoms with Gasteiger partial charge in [-0.1, -0.05) is 41.9 Å². The molecule has 0 aliphatic carbocycles. The first-order chi connectivity index (χ1) is 13.0. The minimum atomic E-state index is 0.0337. The third-order valence-electron chi connectivity index (χ3n) is 5.13. The molecule has 3 rings (SSSR count). The molecule has 4 nitrogen and oxygen atoms in total. The molecule has 5 heteroatoms.